The first-order valence-corrected chi connectivity index (χ1v) is 9.24. The van der Waals surface area contributed by atoms with Crippen molar-refractivity contribution in [1.82, 2.24) is 24.9 Å². The summed E-state index contributed by atoms with van der Waals surface area (Å²) in [5, 5.41) is 5.36. The molecule has 5 aromatic rings. The van der Waals surface area contributed by atoms with Crippen molar-refractivity contribution in [1.29, 1.82) is 0 Å². The number of benzene rings is 1. The van der Waals surface area contributed by atoms with Crippen molar-refractivity contribution < 1.29 is 0 Å². The summed E-state index contributed by atoms with van der Waals surface area (Å²) in [6.45, 7) is 2.02. The van der Waals surface area contributed by atoms with Gasteiger partial charge in [0.05, 0.1) is 26.1 Å². The minimum atomic E-state index is 0.647. The molecule has 0 saturated heterocycles. The van der Waals surface area contributed by atoms with Crippen LogP contribution < -0.4 is 5.32 Å². The van der Waals surface area contributed by atoms with E-state index >= 15 is 0 Å². The highest BCUT2D eigenvalue weighted by Crippen LogP contribution is 2.29. The van der Waals surface area contributed by atoms with Gasteiger partial charge in [-0.3, -0.25) is 9.97 Å². The molecule has 0 aliphatic heterocycles. The highest BCUT2D eigenvalue weighted by atomic mass is 32.1. The van der Waals surface area contributed by atoms with Crippen LogP contribution >= 0.6 is 11.3 Å². The molecule has 0 aliphatic rings. The molecule has 0 amide bonds. The van der Waals surface area contributed by atoms with Crippen LogP contribution in [-0.4, -0.2) is 24.9 Å². The molecule has 1 N–H and O–H groups in total. The number of rotatable bonds is 3. The fourth-order valence-electron chi connectivity index (χ4n) is 2.95. The Balaban J connectivity index is 1.64. The summed E-state index contributed by atoms with van der Waals surface area (Å²) < 4.78 is 1.14. The number of hydrogen-bond acceptors (Lipinski definition) is 7. The van der Waals surface area contributed by atoms with E-state index in [0.717, 1.165) is 43.2 Å². The monoisotopic (exact) mass is 370 g/mol. The van der Waals surface area contributed by atoms with Gasteiger partial charge >= 0.3 is 0 Å². The molecule has 0 atom stereocenters. The maximum absolute atomic E-state index is 4.75. The highest BCUT2D eigenvalue weighted by Gasteiger charge is 2.11. The Kier molecular flexibility index (Phi) is 3.72. The molecule has 7 heteroatoms. The molecule has 6 nitrogen and oxygen atoms in total. The van der Waals surface area contributed by atoms with Crippen LogP contribution in [0.25, 0.3) is 32.5 Å². The van der Waals surface area contributed by atoms with Gasteiger partial charge in [-0.15, -0.1) is 11.3 Å². The molecule has 0 bridgehead atoms. The van der Waals surface area contributed by atoms with E-state index in [1.165, 1.54) is 0 Å². The van der Waals surface area contributed by atoms with Gasteiger partial charge in [0.2, 0.25) is 0 Å². The SMILES string of the molecule is Cc1nc2ccc(Nc3nc(-c4ccncc4)nc4ccncc34)cc2s1. The topological polar surface area (TPSA) is 76.5 Å². The Labute approximate surface area is 159 Å². The molecule has 0 unspecified atom stereocenters. The van der Waals surface area contributed by atoms with Crippen LogP contribution in [0.1, 0.15) is 5.01 Å². The van der Waals surface area contributed by atoms with Gasteiger partial charge < -0.3 is 5.32 Å². The van der Waals surface area contributed by atoms with E-state index in [2.05, 4.69) is 31.3 Å². The summed E-state index contributed by atoms with van der Waals surface area (Å²) in [4.78, 5) is 22.2. The molecule has 0 saturated carbocycles. The molecule has 5 rings (SSSR count). The van der Waals surface area contributed by atoms with Crippen LogP contribution in [0.5, 0.6) is 0 Å². The van der Waals surface area contributed by atoms with Gasteiger partial charge in [0, 0.05) is 36.0 Å². The predicted molar refractivity (Wildman–Crippen MR) is 108 cm³/mol. The molecule has 4 aromatic heterocycles. The number of thiazole rings is 1. The smallest absolute Gasteiger partial charge is 0.162 e. The number of fused-ring (bicyclic) bond motifs is 2. The third kappa shape index (κ3) is 2.98. The van der Waals surface area contributed by atoms with Crippen LogP contribution in [0.3, 0.4) is 0 Å². The number of aromatic nitrogens is 5. The van der Waals surface area contributed by atoms with Gasteiger partial charge in [0.1, 0.15) is 5.82 Å². The molecule has 0 radical (unpaired) electrons. The lowest BCUT2D eigenvalue weighted by molar-refractivity contribution is 1.20. The first-order chi connectivity index (χ1) is 13.3. The molecular formula is C20H14N6S. The zero-order valence-electron chi connectivity index (χ0n) is 14.4. The number of aryl methyl sites for hydroxylation is 1. The van der Waals surface area contributed by atoms with Crippen LogP contribution in [-0.2, 0) is 0 Å². The lowest BCUT2D eigenvalue weighted by Crippen LogP contribution is -1.99. The second kappa shape index (κ2) is 6.37. The quantitative estimate of drug-likeness (QED) is 0.494. The highest BCUT2D eigenvalue weighted by molar-refractivity contribution is 7.18. The summed E-state index contributed by atoms with van der Waals surface area (Å²) >= 11 is 1.68. The molecule has 0 spiro atoms. The second-order valence-corrected chi connectivity index (χ2v) is 7.30. The Morgan fingerprint density at radius 2 is 1.70 bits per heavy atom. The van der Waals surface area contributed by atoms with Crippen LogP contribution in [0, 0.1) is 6.92 Å². The number of anilines is 2. The molecule has 130 valence electrons. The van der Waals surface area contributed by atoms with E-state index in [0.29, 0.717) is 5.82 Å². The van der Waals surface area contributed by atoms with Crippen LogP contribution in [0.4, 0.5) is 11.5 Å². The van der Waals surface area contributed by atoms with Gasteiger partial charge in [0.15, 0.2) is 5.82 Å². The molecular weight excluding hydrogens is 356 g/mol. The van der Waals surface area contributed by atoms with Crippen molar-refractivity contribution >= 4 is 44.0 Å². The Hall–Kier alpha value is -3.45. The van der Waals surface area contributed by atoms with Crippen molar-refractivity contribution in [3.63, 3.8) is 0 Å². The van der Waals surface area contributed by atoms with Crippen molar-refractivity contribution in [3.8, 4) is 11.4 Å². The normalized spacial score (nSPS) is 11.1. The van der Waals surface area contributed by atoms with Crippen molar-refractivity contribution in [2.45, 2.75) is 6.92 Å². The predicted octanol–water partition coefficient (Wildman–Crippen LogP) is 4.75. The third-order valence-corrected chi connectivity index (χ3v) is 5.13. The summed E-state index contributed by atoms with van der Waals surface area (Å²) in [6, 6.07) is 11.8. The average molecular weight is 370 g/mol. The van der Waals surface area contributed by atoms with Gasteiger partial charge in [-0.05, 0) is 43.3 Å². The summed E-state index contributed by atoms with van der Waals surface area (Å²) in [6.07, 6.45) is 7.00. The van der Waals surface area contributed by atoms with Crippen LogP contribution in [0.2, 0.25) is 0 Å². The number of nitrogens with zero attached hydrogens (tertiary/aromatic N) is 5. The fourth-order valence-corrected chi connectivity index (χ4v) is 3.82. The van der Waals surface area contributed by atoms with Gasteiger partial charge in [-0.2, -0.15) is 0 Å². The van der Waals surface area contributed by atoms with E-state index in [1.807, 2.05) is 37.3 Å². The molecule has 1 aromatic carbocycles. The van der Waals surface area contributed by atoms with Crippen molar-refractivity contribution in [2.75, 3.05) is 5.32 Å². The van der Waals surface area contributed by atoms with E-state index in [1.54, 1.807) is 36.1 Å². The van der Waals surface area contributed by atoms with Crippen molar-refractivity contribution in [2.24, 2.45) is 0 Å². The maximum Gasteiger partial charge on any atom is 0.162 e. The average Bonchev–Trinajstić information content (AvgIpc) is 3.08. The zero-order chi connectivity index (χ0) is 18.2. The minimum Gasteiger partial charge on any atom is -0.340 e. The Morgan fingerprint density at radius 1 is 0.852 bits per heavy atom. The second-order valence-electron chi connectivity index (χ2n) is 6.06. The molecule has 0 fully saturated rings. The Bertz CT molecular complexity index is 1270. The lowest BCUT2D eigenvalue weighted by Gasteiger charge is -2.11. The lowest BCUT2D eigenvalue weighted by atomic mass is 10.2. The largest absolute Gasteiger partial charge is 0.340 e. The summed E-state index contributed by atoms with van der Waals surface area (Å²) in [7, 11) is 0. The molecule has 4 heterocycles. The van der Waals surface area contributed by atoms with Gasteiger partial charge in [0.25, 0.3) is 0 Å². The van der Waals surface area contributed by atoms with Crippen LogP contribution in [0.15, 0.2) is 61.2 Å². The summed E-state index contributed by atoms with van der Waals surface area (Å²) in [5.41, 5.74) is 3.72. The standard InChI is InChI=1S/C20H14N6S/c1-12-23-17-3-2-14(10-18(17)27-12)24-20-15-11-22-9-6-16(15)25-19(26-20)13-4-7-21-8-5-13/h2-11H,1H3,(H,24,25,26). The number of pyridine rings is 2. The van der Waals surface area contributed by atoms with Gasteiger partial charge in [-0.1, -0.05) is 0 Å². The first-order valence-electron chi connectivity index (χ1n) is 8.43. The minimum absolute atomic E-state index is 0.647. The van der Waals surface area contributed by atoms with E-state index in [4.69, 9.17) is 4.98 Å². The van der Waals surface area contributed by atoms with E-state index < -0.39 is 0 Å². The fraction of sp³-hybridized carbons (Fsp3) is 0.0500. The van der Waals surface area contributed by atoms with E-state index in [9.17, 15) is 0 Å². The Morgan fingerprint density at radius 3 is 2.59 bits per heavy atom. The van der Waals surface area contributed by atoms with Gasteiger partial charge in [-0.25, -0.2) is 15.0 Å². The number of hydrogen-bond donors (Lipinski definition) is 1. The number of nitrogens with one attached hydrogen (secondary N) is 1. The third-order valence-electron chi connectivity index (χ3n) is 4.19. The first kappa shape index (κ1) is 15.8. The maximum atomic E-state index is 4.75. The van der Waals surface area contributed by atoms with E-state index in [-0.39, 0.29) is 0 Å². The molecule has 27 heavy (non-hydrogen) atoms. The van der Waals surface area contributed by atoms with Crippen molar-refractivity contribution in [3.05, 3.63) is 66.2 Å². The zero-order valence-corrected chi connectivity index (χ0v) is 15.2. The summed E-state index contributed by atoms with van der Waals surface area (Å²) in [5.74, 6) is 1.37. The molecule has 0 aliphatic carbocycles.